The maximum Gasteiger partial charge on any atom is 0.250 e. The summed E-state index contributed by atoms with van der Waals surface area (Å²) in [5.74, 6) is 1.03. The van der Waals surface area contributed by atoms with E-state index in [4.69, 9.17) is 21.1 Å². The Morgan fingerprint density at radius 1 is 1.03 bits per heavy atom. The predicted molar refractivity (Wildman–Crippen MR) is 132 cm³/mol. The lowest BCUT2D eigenvalue weighted by Gasteiger charge is -2.44. The van der Waals surface area contributed by atoms with Crippen molar-refractivity contribution in [2.24, 2.45) is 0 Å². The number of halogens is 1. The summed E-state index contributed by atoms with van der Waals surface area (Å²) < 4.78 is 11.4. The topological polar surface area (TPSA) is 59.1 Å². The molecule has 1 aliphatic carbocycles. The third kappa shape index (κ3) is 5.17. The molecule has 1 unspecified atom stereocenters. The first-order chi connectivity index (χ1) is 16.4. The van der Waals surface area contributed by atoms with Gasteiger partial charge in [0.2, 0.25) is 5.91 Å². The molecule has 2 amide bonds. The van der Waals surface area contributed by atoms with Crippen LogP contribution in [0.4, 0.5) is 0 Å². The van der Waals surface area contributed by atoms with Crippen molar-refractivity contribution in [3.8, 4) is 11.5 Å². The first kappa shape index (κ1) is 24.4. The molecule has 6 nitrogen and oxygen atoms in total. The highest BCUT2D eigenvalue weighted by molar-refractivity contribution is 6.31. The Morgan fingerprint density at radius 2 is 1.76 bits per heavy atom. The Hall–Kier alpha value is -2.73. The molecule has 0 spiro atoms. The monoisotopic (exact) mass is 484 g/mol. The van der Waals surface area contributed by atoms with Crippen molar-refractivity contribution in [3.05, 3.63) is 58.6 Å². The fourth-order valence-electron chi connectivity index (χ4n) is 4.97. The number of methoxy groups -OCH3 is 1. The van der Waals surface area contributed by atoms with Crippen LogP contribution in [0.3, 0.4) is 0 Å². The number of carbonyl (C=O) groups is 2. The van der Waals surface area contributed by atoms with Gasteiger partial charge in [-0.25, -0.2) is 0 Å². The first-order valence-electron chi connectivity index (χ1n) is 12.1. The second kappa shape index (κ2) is 10.7. The van der Waals surface area contributed by atoms with Gasteiger partial charge in [-0.1, -0.05) is 55.1 Å². The Balaban J connectivity index is 1.73. The highest BCUT2D eigenvalue weighted by atomic mass is 35.5. The van der Waals surface area contributed by atoms with Gasteiger partial charge in [0.1, 0.15) is 12.6 Å². The summed E-state index contributed by atoms with van der Waals surface area (Å²) in [6, 6.07) is 12.3. The Labute approximate surface area is 206 Å². The lowest BCUT2D eigenvalue weighted by molar-refractivity contribution is -0.160. The number of hydrogen-bond donors (Lipinski definition) is 0. The average Bonchev–Trinajstić information content (AvgIpc) is 2.83. The van der Waals surface area contributed by atoms with Gasteiger partial charge in [-0.3, -0.25) is 9.59 Å². The van der Waals surface area contributed by atoms with E-state index in [2.05, 4.69) is 0 Å². The average molecular weight is 485 g/mol. The van der Waals surface area contributed by atoms with Crippen LogP contribution < -0.4 is 9.47 Å². The van der Waals surface area contributed by atoms with Crippen LogP contribution in [0.5, 0.6) is 11.5 Å². The van der Waals surface area contributed by atoms with E-state index >= 15 is 0 Å². The minimum Gasteiger partial charge on any atom is -0.493 e. The highest BCUT2D eigenvalue weighted by Gasteiger charge is 2.43. The number of amides is 2. The number of ether oxygens (including phenoxy) is 2. The van der Waals surface area contributed by atoms with Gasteiger partial charge in [-0.05, 0) is 56.0 Å². The Bertz CT molecular complexity index is 1040. The Kier molecular flexibility index (Phi) is 7.67. The van der Waals surface area contributed by atoms with E-state index in [0.717, 1.165) is 31.2 Å². The normalized spacial score (nSPS) is 19.6. The van der Waals surface area contributed by atoms with Crippen LogP contribution in [-0.2, 0) is 16.1 Å². The van der Waals surface area contributed by atoms with E-state index in [1.165, 1.54) is 6.42 Å². The third-order valence-corrected chi connectivity index (χ3v) is 7.00. The number of benzene rings is 2. The van der Waals surface area contributed by atoms with E-state index < -0.39 is 6.04 Å². The summed E-state index contributed by atoms with van der Waals surface area (Å²) in [6.07, 6.45) is 5.23. The molecular weight excluding hydrogens is 452 g/mol. The molecular formula is C27H33ClN2O4. The molecule has 1 aliphatic heterocycles. The molecule has 2 fully saturated rings. The maximum absolute atomic E-state index is 13.9. The zero-order valence-electron chi connectivity index (χ0n) is 20.1. The van der Waals surface area contributed by atoms with Gasteiger partial charge in [0, 0.05) is 17.6 Å². The number of carbonyl (C=O) groups excluding carboxylic acids is 2. The molecule has 4 rings (SSSR count). The summed E-state index contributed by atoms with van der Waals surface area (Å²) in [4.78, 5) is 30.9. The van der Waals surface area contributed by atoms with Crippen molar-refractivity contribution < 1.29 is 19.1 Å². The van der Waals surface area contributed by atoms with Crippen molar-refractivity contribution in [1.29, 1.82) is 0 Å². The standard InChI is InChI=1S/C27H33ClN2O4/c1-18(2)34-23-14-13-19(15-24(23)33-3)26-27(32)29(21-10-5-4-6-11-21)17-25(31)30(26)16-20-9-7-8-12-22(20)28/h7-9,12-15,18,21,26H,4-6,10-11,16-17H2,1-3H3. The van der Waals surface area contributed by atoms with Gasteiger partial charge >= 0.3 is 0 Å². The van der Waals surface area contributed by atoms with Crippen LogP contribution in [0, 0.1) is 0 Å². The van der Waals surface area contributed by atoms with E-state index in [-0.39, 0.29) is 37.0 Å². The van der Waals surface area contributed by atoms with E-state index in [9.17, 15) is 9.59 Å². The maximum atomic E-state index is 13.9. The molecule has 2 aromatic carbocycles. The van der Waals surface area contributed by atoms with Crippen LogP contribution >= 0.6 is 11.6 Å². The molecule has 1 heterocycles. The van der Waals surface area contributed by atoms with Crippen LogP contribution in [0.15, 0.2) is 42.5 Å². The SMILES string of the molecule is COc1cc(C2C(=O)N(C3CCCCC3)CC(=O)N2Cc2ccccc2Cl)ccc1OC(C)C. The fourth-order valence-corrected chi connectivity index (χ4v) is 5.16. The van der Waals surface area contributed by atoms with Crippen LogP contribution in [0.2, 0.25) is 5.02 Å². The van der Waals surface area contributed by atoms with Gasteiger partial charge < -0.3 is 19.3 Å². The van der Waals surface area contributed by atoms with E-state index in [0.29, 0.717) is 22.1 Å². The summed E-state index contributed by atoms with van der Waals surface area (Å²) >= 11 is 6.42. The van der Waals surface area contributed by atoms with Gasteiger partial charge in [0.15, 0.2) is 11.5 Å². The molecule has 2 aliphatic rings. The lowest BCUT2D eigenvalue weighted by Crippen LogP contribution is -2.58. The van der Waals surface area contributed by atoms with Crippen molar-refractivity contribution >= 4 is 23.4 Å². The predicted octanol–water partition coefficient (Wildman–Crippen LogP) is 5.38. The summed E-state index contributed by atoms with van der Waals surface area (Å²) in [6.45, 7) is 4.27. The minimum absolute atomic E-state index is 0.0174. The molecule has 1 saturated carbocycles. The van der Waals surface area contributed by atoms with Crippen LogP contribution in [0.1, 0.15) is 63.1 Å². The van der Waals surface area contributed by atoms with Crippen molar-refractivity contribution in [2.75, 3.05) is 13.7 Å². The minimum atomic E-state index is -0.749. The van der Waals surface area contributed by atoms with Gasteiger partial charge in [-0.2, -0.15) is 0 Å². The van der Waals surface area contributed by atoms with Crippen molar-refractivity contribution in [3.63, 3.8) is 0 Å². The molecule has 0 bridgehead atoms. The van der Waals surface area contributed by atoms with Gasteiger partial charge in [0.25, 0.3) is 5.91 Å². The highest BCUT2D eigenvalue weighted by Crippen LogP contribution is 2.38. The second-order valence-electron chi connectivity index (χ2n) is 9.35. The largest absolute Gasteiger partial charge is 0.493 e. The first-order valence-corrected chi connectivity index (χ1v) is 12.4. The molecule has 0 aromatic heterocycles. The summed E-state index contributed by atoms with van der Waals surface area (Å²) in [7, 11) is 1.58. The molecule has 34 heavy (non-hydrogen) atoms. The number of hydrogen-bond acceptors (Lipinski definition) is 4. The molecule has 0 radical (unpaired) electrons. The number of rotatable bonds is 7. The summed E-state index contributed by atoms with van der Waals surface area (Å²) in [5, 5.41) is 0.578. The van der Waals surface area contributed by atoms with Crippen molar-refractivity contribution in [2.45, 2.75) is 70.7 Å². The lowest BCUT2D eigenvalue weighted by atomic mass is 9.91. The number of nitrogens with zero attached hydrogens (tertiary/aromatic N) is 2. The van der Waals surface area contributed by atoms with Crippen LogP contribution in [0.25, 0.3) is 0 Å². The van der Waals surface area contributed by atoms with Crippen LogP contribution in [-0.4, -0.2) is 47.4 Å². The van der Waals surface area contributed by atoms with Gasteiger partial charge in [0.05, 0.1) is 13.2 Å². The third-order valence-electron chi connectivity index (χ3n) is 6.63. The van der Waals surface area contributed by atoms with E-state index in [1.807, 2.05) is 50.2 Å². The van der Waals surface area contributed by atoms with Crippen molar-refractivity contribution in [1.82, 2.24) is 9.80 Å². The van der Waals surface area contributed by atoms with Gasteiger partial charge in [-0.15, -0.1) is 0 Å². The zero-order valence-corrected chi connectivity index (χ0v) is 20.9. The molecule has 0 N–H and O–H groups in total. The molecule has 1 saturated heterocycles. The molecule has 7 heteroatoms. The quantitative estimate of drug-likeness (QED) is 0.529. The summed E-state index contributed by atoms with van der Waals surface area (Å²) in [5.41, 5.74) is 1.52. The molecule has 182 valence electrons. The smallest absolute Gasteiger partial charge is 0.250 e. The Morgan fingerprint density at radius 3 is 2.44 bits per heavy atom. The number of piperazine rings is 1. The molecule has 1 atom stereocenters. The zero-order chi connectivity index (χ0) is 24.2. The van der Waals surface area contributed by atoms with E-state index in [1.54, 1.807) is 23.0 Å². The fraction of sp³-hybridized carbons (Fsp3) is 0.481. The second-order valence-corrected chi connectivity index (χ2v) is 9.76. The molecule has 2 aromatic rings.